The third kappa shape index (κ3) is 5.29. The summed E-state index contributed by atoms with van der Waals surface area (Å²) in [6.07, 6.45) is -4.60. The Morgan fingerprint density at radius 3 is 2.24 bits per heavy atom. The fourth-order valence-corrected chi connectivity index (χ4v) is 3.62. The molecule has 0 saturated heterocycles. The molecule has 0 spiro atoms. The van der Waals surface area contributed by atoms with Crippen molar-refractivity contribution in [3.8, 4) is 0 Å². The summed E-state index contributed by atoms with van der Waals surface area (Å²) in [6.45, 7) is 0.363. The summed E-state index contributed by atoms with van der Waals surface area (Å²) in [5.74, 6) is 0. The van der Waals surface area contributed by atoms with Crippen molar-refractivity contribution in [2.75, 3.05) is 20.6 Å². The Balaban J connectivity index is 2.35. The molecule has 0 aliphatic heterocycles. The number of nitrogens with one attached hydrogen (secondary N) is 1. The molecular weight excluding hydrogens is 353 g/mol. The summed E-state index contributed by atoms with van der Waals surface area (Å²) in [4.78, 5) is 1.38. The van der Waals surface area contributed by atoms with E-state index < -0.39 is 32.7 Å². The Labute approximate surface area is 145 Å². The summed E-state index contributed by atoms with van der Waals surface area (Å²) in [7, 11) is -0.540. The van der Waals surface area contributed by atoms with Gasteiger partial charge in [-0.1, -0.05) is 36.4 Å². The van der Waals surface area contributed by atoms with Crippen LogP contribution >= 0.6 is 0 Å². The van der Waals surface area contributed by atoms with Gasteiger partial charge in [0.05, 0.1) is 16.5 Å². The van der Waals surface area contributed by atoms with E-state index >= 15 is 0 Å². The molecule has 2 rings (SSSR count). The molecule has 0 aliphatic carbocycles. The third-order valence-corrected chi connectivity index (χ3v) is 4.99. The van der Waals surface area contributed by atoms with E-state index in [0.29, 0.717) is 12.6 Å². The molecule has 8 heteroatoms. The molecule has 0 saturated carbocycles. The van der Waals surface area contributed by atoms with E-state index in [1.165, 1.54) is 0 Å². The molecule has 136 valence electrons. The first kappa shape index (κ1) is 19.4. The maximum atomic E-state index is 12.8. The van der Waals surface area contributed by atoms with E-state index in [9.17, 15) is 21.6 Å². The molecule has 2 aromatic rings. The van der Waals surface area contributed by atoms with Crippen LogP contribution in [0.15, 0.2) is 59.5 Å². The van der Waals surface area contributed by atoms with Gasteiger partial charge in [-0.25, -0.2) is 13.1 Å². The van der Waals surface area contributed by atoms with Gasteiger partial charge in [0, 0.05) is 6.54 Å². The molecule has 0 fully saturated rings. The number of rotatable bonds is 6. The molecule has 0 radical (unpaired) electrons. The molecule has 1 N–H and O–H groups in total. The lowest BCUT2D eigenvalue weighted by Crippen LogP contribution is -2.35. The molecule has 0 amide bonds. The number of likely N-dealkylation sites (N-methyl/N-ethyl adjacent to an activating group) is 1. The van der Waals surface area contributed by atoms with Crippen LogP contribution in [-0.2, 0) is 16.2 Å². The summed E-state index contributed by atoms with van der Waals surface area (Å²) in [6, 6.07) is 12.0. The number of sulfonamides is 1. The third-order valence-electron chi connectivity index (χ3n) is 3.52. The van der Waals surface area contributed by atoms with Crippen molar-refractivity contribution in [3.05, 3.63) is 65.7 Å². The highest BCUT2D eigenvalue weighted by molar-refractivity contribution is 7.89. The van der Waals surface area contributed by atoms with Crippen molar-refractivity contribution in [1.82, 2.24) is 9.62 Å². The molecule has 4 nitrogen and oxygen atoms in total. The van der Waals surface area contributed by atoms with Crippen LogP contribution in [0, 0.1) is 0 Å². The number of benzene rings is 2. The van der Waals surface area contributed by atoms with Crippen LogP contribution in [0.3, 0.4) is 0 Å². The minimum atomic E-state index is -4.60. The SMILES string of the molecule is CN(C)C[C@@H](NS(=O)(=O)c1cccc(C(F)(F)F)c1)c1ccccc1. The quantitative estimate of drug-likeness (QED) is 0.847. The number of hydrogen-bond acceptors (Lipinski definition) is 3. The van der Waals surface area contributed by atoms with E-state index in [1.54, 1.807) is 49.3 Å². The van der Waals surface area contributed by atoms with Crippen molar-refractivity contribution in [2.45, 2.75) is 17.1 Å². The zero-order valence-corrected chi connectivity index (χ0v) is 14.6. The Hall–Kier alpha value is -1.90. The van der Waals surface area contributed by atoms with Gasteiger partial charge in [0.25, 0.3) is 0 Å². The second-order valence-corrected chi connectivity index (χ2v) is 7.59. The van der Waals surface area contributed by atoms with Gasteiger partial charge in [0.15, 0.2) is 0 Å². The van der Waals surface area contributed by atoms with Crippen LogP contribution in [0.5, 0.6) is 0 Å². The fourth-order valence-electron chi connectivity index (χ4n) is 2.36. The topological polar surface area (TPSA) is 49.4 Å². The number of alkyl halides is 3. The van der Waals surface area contributed by atoms with Gasteiger partial charge in [-0.3, -0.25) is 0 Å². The predicted molar refractivity (Wildman–Crippen MR) is 89.5 cm³/mol. The van der Waals surface area contributed by atoms with Gasteiger partial charge < -0.3 is 4.90 Å². The highest BCUT2D eigenvalue weighted by Crippen LogP contribution is 2.30. The normalized spacial score (nSPS) is 13.8. The van der Waals surface area contributed by atoms with E-state index in [4.69, 9.17) is 0 Å². The molecule has 0 aromatic heterocycles. The van der Waals surface area contributed by atoms with Crippen molar-refractivity contribution < 1.29 is 21.6 Å². The van der Waals surface area contributed by atoms with Gasteiger partial charge in [-0.05, 0) is 37.9 Å². The Morgan fingerprint density at radius 2 is 1.68 bits per heavy atom. The summed E-state index contributed by atoms with van der Waals surface area (Å²) in [5, 5.41) is 0. The lowest BCUT2D eigenvalue weighted by Gasteiger charge is -2.23. The molecule has 0 bridgehead atoms. The zero-order valence-electron chi connectivity index (χ0n) is 13.8. The van der Waals surface area contributed by atoms with Crippen LogP contribution in [0.4, 0.5) is 13.2 Å². The highest BCUT2D eigenvalue weighted by Gasteiger charge is 2.32. The van der Waals surface area contributed by atoms with Crippen molar-refractivity contribution in [1.29, 1.82) is 0 Å². The Kier molecular flexibility index (Phi) is 5.87. The minimum Gasteiger partial charge on any atom is -0.307 e. The van der Waals surface area contributed by atoms with Gasteiger partial charge in [-0.15, -0.1) is 0 Å². The molecule has 0 unspecified atom stereocenters. The van der Waals surface area contributed by atoms with Gasteiger partial charge >= 0.3 is 6.18 Å². The second-order valence-electron chi connectivity index (χ2n) is 5.87. The maximum Gasteiger partial charge on any atom is 0.416 e. The van der Waals surface area contributed by atoms with Crippen molar-refractivity contribution in [2.24, 2.45) is 0 Å². The van der Waals surface area contributed by atoms with E-state index in [0.717, 1.165) is 23.8 Å². The van der Waals surface area contributed by atoms with Crippen LogP contribution in [0.25, 0.3) is 0 Å². The monoisotopic (exact) mass is 372 g/mol. The van der Waals surface area contributed by atoms with Crippen molar-refractivity contribution in [3.63, 3.8) is 0 Å². The molecule has 25 heavy (non-hydrogen) atoms. The van der Waals surface area contributed by atoms with Crippen LogP contribution < -0.4 is 4.72 Å². The average molecular weight is 372 g/mol. The smallest absolute Gasteiger partial charge is 0.307 e. The largest absolute Gasteiger partial charge is 0.416 e. The van der Waals surface area contributed by atoms with Crippen LogP contribution in [0.2, 0.25) is 0 Å². The lowest BCUT2D eigenvalue weighted by molar-refractivity contribution is -0.137. The Bertz CT molecular complexity index is 806. The van der Waals surface area contributed by atoms with E-state index in [2.05, 4.69) is 4.72 Å². The molecule has 0 aliphatic rings. The van der Waals surface area contributed by atoms with Crippen molar-refractivity contribution >= 4 is 10.0 Å². The zero-order chi connectivity index (χ0) is 18.7. The van der Waals surface area contributed by atoms with E-state index in [1.807, 2.05) is 0 Å². The number of hydrogen-bond donors (Lipinski definition) is 1. The first-order chi connectivity index (χ1) is 11.6. The Morgan fingerprint density at radius 1 is 1.04 bits per heavy atom. The van der Waals surface area contributed by atoms with Gasteiger partial charge in [-0.2, -0.15) is 13.2 Å². The summed E-state index contributed by atoms with van der Waals surface area (Å²) in [5.41, 5.74) is -0.272. The molecule has 1 atom stereocenters. The number of nitrogens with zero attached hydrogens (tertiary/aromatic N) is 1. The van der Waals surface area contributed by atoms with Gasteiger partial charge in [0.1, 0.15) is 0 Å². The maximum absolute atomic E-state index is 12.8. The van der Waals surface area contributed by atoms with Gasteiger partial charge in [0.2, 0.25) is 10.0 Å². The summed E-state index contributed by atoms with van der Waals surface area (Å²) < 4.78 is 66.2. The second kappa shape index (κ2) is 7.55. The van der Waals surface area contributed by atoms with Crippen LogP contribution in [0.1, 0.15) is 17.2 Å². The molecule has 0 heterocycles. The number of halogens is 3. The first-order valence-corrected chi connectivity index (χ1v) is 8.97. The highest BCUT2D eigenvalue weighted by atomic mass is 32.2. The minimum absolute atomic E-state index is 0.363. The molecule has 2 aromatic carbocycles. The standard InChI is InChI=1S/C17H19F3N2O2S/c1-22(2)12-16(13-7-4-3-5-8-13)21-25(23,24)15-10-6-9-14(11-15)17(18,19)20/h3-11,16,21H,12H2,1-2H3/t16-/m1/s1. The summed E-state index contributed by atoms with van der Waals surface area (Å²) >= 11 is 0. The fraction of sp³-hybridized carbons (Fsp3) is 0.294. The van der Waals surface area contributed by atoms with E-state index in [-0.39, 0.29) is 0 Å². The average Bonchev–Trinajstić information content (AvgIpc) is 2.54. The first-order valence-electron chi connectivity index (χ1n) is 7.49. The molecular formula is C17H19F3N2O2S. The predicted octanol–water partition coefficient (Wildman–Crippen LogP) is 3.29. The van der Waals surface area contributed by atoms with Crippen LogP contribution in [-0.4, -0.2) is 34.0 Å². The lowest BCUT2D eigenvalue weighted by atomic mass is 10.1.